The third kappa shape index (κ3) is 4.50. The van der Waals surface area contributed by atoms with Gasteiger partial charge in [0.1, 0.15) is 0 Å². The van der Waals surface area contributed by atoms with Gasteiger partial charge in [-0.2, -0.15) is 9.57 Å². The first-order valence-electron chi connectivity index (χ1n) is 5.75. The van der Waals surface area contributed by atoms with E-state index in [2.05, 4.69) is 0 Å². The Hall–Kier alpha value is -0.600. The number of hydrogen-bond donors (Lipinski definition) is 0. The molecular weight excluding hydrogens is 224 g/mol. The van der Waals surface area contributed by atoms with E-state index in [1.807, 2.05) is 27.7 Å². The lowest BCUT2D eigenvalue weighted by Gasteiger charge is -2.30. The van der Waals surface area contributed by atoms with Gasteiger partial charge < -0.3 is 0 Å². The molecule has 0 spiro atoms. The standard InChI is InChI=1S/C11H22N2O2S/c1-5-11(6-2)13(9-10(3)4)16(14,15)8-7-12/h10-11H,5-6,8-9H2,1-4H3. The highest BCUT2D eigenvalue weighted by atomic mass is 32.2. The minimum Gasteiger partial charge on any atom is -0.211 e. The number of sulfonamides is 1. The molecular formula is C11H22N2O2S. The molecule has 5 heteroatoms. The van der Waals surface area contributed by atoms with Gasteiger partial charge >= 0.3 is 0 Å². The number of nitrogens with zero attached hydrogens (tertiary/aromatic N) is 2. The van der Waals surface area contributed by atoms with Crippen molar-refractivity contribution in [1.29, 1.82) is 5.26 Å². The fourth-order valence-electron chi connectivity index (χ4n) is 1.71. The molecule has 0 bridgehead atoms. The minimum absolute atomic E-state index is 0.0146. The highest BCUT2D eigenvalue weighted by Gasteiger charge is 2.28. The summed E-state index contributed by atoms with van der Waals surface area (Å²) in [6, 6.07) is 1.75. The maximum absolute atomic E-state index is 11.9. The monoisotopic (exact) mass is 246 g/mol. The number of nitriles is 1. The van der Waals surface area contributed by atoms with Crippen LogP contribution in [0.15, 0.2) is 0 Å². The summed E-state index contributed by atoms with van der Waals surface area (Å²) < 4.78 is 25.4. The molecule has 0 aliphatic carbocycles. The van der Waals surface area contributed by atoms with Crippen LogP contribution in [-0.2, 0) is 10.0 Å². The molecule has 0 heterocycles. The predicted molar refractivity (Wildman–Crippen MR) is 65.3 cm³/mol. The normalized spacial score (nSPS) is 12.4. The smallest absolute Gasteiger partial charge is 0.211 e. The molecule has 4 nitrogen and oxygen atoms in total. The molecule has 0 rings (SSSR count). The zero-order valence-electron chi connectivity index (χ0n) is 10.6. The number of hydrogen-bond acceptors (Lipinski definition) is 3. The first kappa shape index (κ1) is 15.4. The maximum Gasteiger partial charge on any atom is 0.227 e. The van der Waals surface area contributed by atoms with Crippen LogP contribution >= 0.6 is 0 Å². The van der Waals surface area contributed by atoms with Gasteiger partial charge in [-0.05, 0) is 18.8 Å². The summed E-state index contributed by atoms with van der Waals surface area (Å²) in [5.74, 6) is -0.148. The molecule has 0 aromatic carbocycles. The lowest BCUT2D eigenvalue weighted by molar-refractivity contribution is 0.278. The van der Waals surface area contributed by atoms with Gasteiger partial charge in [-0.15, -0.1) is 0 Å². The van der Waals surface area contributed by atoms with E-state index in [0.717, 1.165) is 12.8 Å². The minimum atomic E-state index is -3.42. The largest absolute Gasteiger partial charge is 0.227 e. The van der Waals surface area contributed by atoms with Crippen molar-refractivity contribution in [2.45, 2.75) is 46.6 Å². The molecule has 0 saturated heterocycles. The third-order valence-electron chi connectivity index (χ3n) is 2.50. The molecule has 0 aliphatic rings. The van der Waals surface area contributed by atoms with Crippen molar-refractivity contribution in [2.75, 3.05) is 12.3 Å². The van der Waals surface area contributed by atoms with Gasteiger partial charge in [-0.1, -0.05) is 27.7 Å². The van der Waals surface area contributed by atoms with E-state index >= 15 is 0 Å². The Bertz CT molecular complexity index is 326. The Morgan fingerprint density at radius 2 is 1.75 bits per heavy atom. The van der Waals surface area contributed by atoms with Gasteiger partial charge in [0.05, 0.1) is 6.07 Å². The Labute approximate surface area is 99.3 Å². The Balaban J connectivity index is 5.01. The van der Waals surface area contributed by atoms with Crippen molar-refractivity contribution >= 4 is 10.0 Å². The summed E-state index contributed by atoms with van der Waals surface area (Å²) in [5, 5.41) is 8.56. The fraction of sp³-hybridized carbons (Fsp3) is 0.909. The van der Waals surface area contributed by atoms with Crippen LogP contribution in [0.3, 0.4) is 0 Å². The summed E-state index contributed by atoms with van der Waals surface area (Å²) in [7, 11) is -3.42. The van der Waals surface area contributed by atoms with E-state index < -0.39 is 15.8 Å². The quantitative estimate of drug-likeness (QED) is 0.690. The van der Waals surface area contributed by atoms with E-state index in [-0.39, 0.29) is 12.0 Å². The second-order valence-electron chi connectivity index (χ2n) is 4.35. The van der Waals surface area contributed by atoms with Crippen LogP contribution in [0.25, 0.3) is 0 Å². The zero-order chi connectivity index (χ0) is 12.8. The van der Waals surface area contributed by atoms with Crippen LogP contribution in [0.5, 0.6) is 0 Å². The summed E-state index contributed by atoms with van der Waals surface area (Å²) in [6.45, 7) is 8.41. The predicted octanol–water partition coefficient (Wildman–Crippen LogP) is 1.99. The number of rotatable bonds is 7. The van der Waals surface area contributed by atoms with Crippen molar-refractivity contribution in [3.63, 3.8) is 0 Å². The summed E-state index contributed by atoms with van der Waals surface area (Å²) >= 11 is 0. The average Bonchev–Trinajstić information content (AvgIpc) is 2.17. The SMILES string of the molecule is CCC(CC)N(CC(C)C)S(=O)(=O)CC#N. The lowest BCUT2D eigenvalue weighted by Crippen LogP contribution is -2.42. The Kier molecular flexibility index (Phi) is 6.61. The Morgan fingerprint density at radius 1 is 1.25 bits per heavy atom. The molecule has 0 saturated carbocycles. The van der Waals surface area contributed by atoms with Crippen LogP contribution in [-0.4, -0.2) is 31.1 Å². The summed E-state index contributed by atoms with van der Waals surface area (Å²) in [5.41, 5.74) is 0. The maximum atomic E-state index is 11.9. The van der Waals surface area contributed by atoms with Crippen LogP contribution in [0, 0.1) is 17.2 Å². The van der Waals surface area contributed by atoms with Gasteiger partial charge in [0.25, 0.3) is 0 Å². The van der Waals surface area contributed by atoms with Crippen molar-refractivity contribution in [3.8, 4) is 6.07 Å². The van der Waals surface area contributed by atoms with Gasteiger partial charge in [0, 0.05) is 12.6 Å². The molecule has 16 heavy (non-hydrogen) atoms. The van der Waals surface area contributed by atoms with Gasteiger partial charge in [-0.25, -0.2) is 8.42 Å². The van der Waals surface area contributed by atoms with E-state index in [1.165, 1.54) is 4.31 Å². The summed E-state index contributed by atoms with van der Waals surface area (Å²) in [4.78, 5) is 0. The molecule has 0 amide bonds. The average molecular weight is 246 g/mol. The second kappa shape index (κ2) is 6.87. The molecule has 0 aliphatic heterocycles. The Morgan fingerprint density at radius 3 is 2.06 bits per heavy atom. The van der Waals surface area contributed by atoms with Crippen LogP contribution in [0.2, 0.25) is 0 Å². The lowest BCUT2D eigenvalue weighted by atomic mass is 10.1. The highest BCUT2D eigenvalue weighted by Crippen LogP contribution is 2.16. The van der Waals surface area contributed by atoms with Gasteiger partial charge in [0.2, 0.25) is 10.0 Å². The van der Waals surface area contributed by atoms with Crippen molar-refractivity contribution in [2.24, 2.45) is 5.92 Å². The zero-order valence-corrected chi connectivity index (χ0v) is 11.4. The van der Waals surface area contributed by atoms with Crippen molar-refractivity contribution < 1.29 is 8.42 Å². The molecule has 0 aromatic heterocycles. The molecule has 0 N–H and O–H groups in total. The van der Waals surface area contributed by atoms with E-state index in [4.69, 9.17) is 5.26 Å². The molecule has 0 fully saturated rings. The highest BCUT2D eigenvalue weighted by molar-refractivity contribution is 7.89. The van der Waals surface area contributed by atoms with Crippen molar-refractivity contribution in [3.05, 3.63) is 0 Å². The van der Waals surface area contributed by atoms with E-state index in [1.54, 1.807) is 6.07 Å². The molecule has 94 valence electrons. The fourth-order valence-corrected chi connectivity index (χ4v) is 3.32. The van der Waals surface area contributed by atoms with Gasteiger partial charge in [-0.3, -0.25) is 0 Å². The first-order valence-corrected chi connectivity index (χ1v) is 7.36. The molecule has 0 radical (unpaired) electrons. The molecule has 0 aromatic rings. The third-order valence-corrected chi connectivity index (χ3v) is 4.15. The van der Waals surface area contributed by atoms with Crippen LogP contribution in [0.1, 0.15) is 40.5 Å². The van der Waals surface area contributed by atoms with E-state index in [9.17, 15) is 8.42 Å². The molecule has 0 unspecified atom stereocenters. The first-order chi connectivity index (χ1) is 7.38. The van der Waals surface area contributed by atoms with E-state index in [0.29, 0.717) is 6.54 Å². The van der Waals surface area contributed by atoms with Crippen molar-refractivity contribution in [1.82, 2.24) is 4.31 Å². The van der Waals surface area contributed by atoms with Gasteiger partial charge in [0.15, 0.2) is 5.75 Å². The van der Waals surface area contributed by atoms with Crippen LogP contribution < -0.4 is 0 Å². The second-order valence-corrected chi connectivity index (χ2v) is 6.27. The summed E-state index contributed by atoms with van der Waals surface area (Å²) in [6.07, 6.45) is 1.57. The molecule has 0 atom stereocenters. The van der Waals surface area contributed by atoms with Crippen LogP contribution in [0.4, 0.5) is 0 Å². The topological polar surface area (TPSA) is 61.2 Å².